The largest absolute Gasteiger partial charge is 0.496 e. The van der Waals surface area contributed by atoms with Gasteiger partial charge in [0.25, 0.3) is 5.91 Å². The van der Waals surface area contributed by atoms with Gasteiger partial charge in [-0.05, 0) is 75.8 Å². The van der Waals surface area contributed by atoms with Gasteiger partial charge in [0.05, 0.1) is 17.8 Å². The number of rotatable bonds is 7. The van der Waals surface area contributed by atoms with Crippen molar-refractivity contribution < 1.29 is 14.3 Å². The van der Waals surface area contributed by atoms with Crippen LogP contribution >= 0.6 is 31.9 Å². The Labute approximate surface area is 176 Å². The number of hydrazone groups is 1. The second kappa shape index (κ2) is 9.90. The second-order valence-electron chi connectivity index (χ2n) is 6.27. The fraction of sp³-hybridized carbons (Fsp3) is 0.300. The van der Waals surface area contributed by atoms with Gasteiger partial charge in [-0.15, -0.1) is 0 Å². The number of hydrogen-bond donors (Lipinski definition) is 1. The first-order valence-electron chi connectivity index (χ1n) is 8.40. The summed E-state index contributed by atoms with van der Waals surface area (Å²) in [6.45, 7) is 6.05. The molecule has 27 heavy (non-hydrogen) atoms. The normalized spacial score (nSPS) is 11.1. The predicted octanol–water partition coefficient (Wildman–Crippen LogP) is 5.18. The van der Waals surface area contributed by atoms with Crippen LogP contribution in [0.4, 0.5) is 0 Å². The van der Waals surface area contributed by atoms with E-state index in [1.165, 1.54) is 0 Å². The lowest BCUT2D eigenvalue weighted by Crippen LogP contribution is -2.25. The molecule has 0 aliphatic heterocycles. The molecule has 0 radical (unpaired) electrons. The first-order valence-corrected chi connectivity index (χ1v) is 9.98. The SMILES string of the molecule is COc1ccc(/C=N/NC(=O)COc2cc(C)c(Br)cc2C(C)C)cc1Br. The van der Waals surface area contributed by atoms with E-state index in [0.717, 1.165) is 31.4 Å². The molecule has 2 rings (SSSR count). The number of nitrogens with one attached hydrogen (secondary N) is 1. The van der Waals surface area contributed by atoms with Crippen molar-refractivity contribution in [3.63, 3.8) is 0 Å². The maximum Gasteiger partial charge on any atom is 0.277 e. The molecular weight excluding hydrogens is 476 g/mol. The van der Waals surface area contributed by atoms with E-state index in [-0.39, 0.29) is 18.4 Å². The zero-order chi connectivity index (χ0) is 20.0. The average Bonchev–Trinajstić information content (AvgIpc) is 2.62. The van der Waals surface area contributed by atoms with Crippen LogP contribution < -0.4 is 14.9 Å². The van der Waals surface area contributed by atoms with Gasteiger partial charge in [-0.25, -0.2) is 5.43 Å². The number of carbonyl (C=O) groups is 1. The quantitative estimate of drug-likeness (QED) is 0.423. The Hall–Kier alpha value is -1.86. The molecule has 5 nitrogen and oxygen atoms in total. The highest BCUT2D eigenvalue weighted by molar-refractivity contribution is 9.10. The highest BCUT2D eigenvalue weighted by atomic mass is 79.9. The lowest BCUT2D eigenvalue weighted by atomic mass is 10.0. The molecule has 0 aromatic heterocycles. The molecule has 0 saturated heterocycles. The highest BCUT2D eigenvalue weighted by Crippen LogP contribution is 2.32. The van der Waals surface area contributed by atoms with Crippen molar-refractivity contribution in [1.82, 2.24) is 5.43 Å². The average molecular weight is 498 g/mol. The van der Waals surface area contributed by atoms with Gasteiger partial charge in [0.1, 0.15) is 11.5 Å². The van der Waals surface area contributed by atoms with Gasteiger partial charge < -0.3 is 9.47 Å². The van der Waals surface area contributed by atoms with E-state index < -0.39 is 0 Å². The Morgan fingerprint density at radius 1 is 1.19 bits per heavy atom. The first-order chi connectivity index (χ1) is 12.8. The Balaban J connectivity index is 1.95. The molecule has 0 fully saturated rings. The number of methoxy groups -OCH3 is 1. The summed E-state index contributed by atoms with van der Waals surface area (Å²) in [6.07, 6.45) is 1.56. The maximum atomic E-state index is 12.0. The Bertz CT molecular complexity index is 851. The molecule has 0 spiro atoms. The number of ether oxygens (including phenoxy) is 2. The monoisotopic (exact) mass is 496 g/mol. The molecule has 0 aliphatic rings. The first kappa shape index (κ1) is 21.4. The van der Waals surface area contributed by atoms with Crippen molar-refractivity contribution in [2.24, 2.45) is 5.10 Å². The molecule has 0 saturated carbocycles. The molecule has 0 bridgehead atoms. The summed E-state index contributed by atoms with van der Waals surface area (Å²) in [5, 5.41) is 3.97. The molecule has 2 aromatic carbocycles. The van der Waals surface area contributed by atoms with Crippen LogP contribution in [0.25, 0.3) is 0 Å². The molecule has 0 unspecified atom stereocenters. The molecule has 0 heterocycles. The standard InChI is InChI=1S/C20H22Br2N2O3/c1-12(2)15-9-16(21)13(3)7-19(15)27-11-20(25)24-23-10-14-5-6-18(26-4)17(22)8-14/h5-10,12H,11H2,1-4H3,(H,24,25)/b23-10+. The fourth-order valence-corrected chi connectivity index (χ4v) is 3.28. The van der Waals surface area contributed by atoms with Gasteiger partial charge in [-0.2, -0.15) is 5.10 Å². The molecule has 1 amide bonds. The predicted molar refractivity (Wildman–Crippen MR) is 115 cm³/mol. The third-order valence-corrected chi connectivity index (χ3v) is 5.32. The Morgan fingerprint density at radius 2 is 1.93 bits per heavy atom. The van der Waals surface area contributed by atoms with Crippen LogP contribution in [0.5, 0.6) is 11.5 Å². The van der Waals surface area contributed by atoms with Crippen molar-refractivity contribution in [3.05, 3.63) is 56.0 Å². The van der Waals surface area contributed by atoms with E-state index in [4.69, 9.17) is 9.47 Å². The molecule has 144 valence electrons. The summed E-state index contributed by atoms with van der Waals surface area (Å²) in [5.41, 5.74) is 5.40. The number of benzene rings is 2. The van der Waals surface area contributed by atoms with E-state index in [2.05, 4.69) is 56.2 Å². The van der Waals surface area contributed by atoms with Crippen LogP contribution in [0.3, 0.4) is 0 Å². The fourth-order valence-electron chi connectivity index (χ4n) is 2.36. The Kier molecular flexibility index (Phi) is 7.86. The van der Waals surface area contributed by atoms with Gasteiger partial charge >= 0.3 is 0 Å². The molecule has 2 aromatic rings. The lowest BCUT2D eigenvalue weighted by Gasteiger charge is -2.15. The van der Waals surface area contributed by atoms with Crippen LogP contribution in [0.15, 0.2) is 44.4 Å². The third-order valence-electron chi connectivity index (χ3n) is 3.85. The van der Waals surface area contributed by atoms with Gasteiger partial charge in [-0.1, -0.05) is 29.8 Å². The molecular formula is C20H22Br2N2O3. The number of hydrogen-bond acceptors (Lipinski definition) is 4. The van der Waals surface area contributed by atoms with Crippen molar-refractivity contribution in [3.8, 4) is 11.5 Å². The van der Waals surface area contributed by atoms with Gasteiger partial charge in [-0.3, -0.25) is 4.79 Å². The van der Waals surface area contributed by atoms with Crippen LogP contribution in [0, 0.1) is 6.92 Å². The van der Waals surface area contributed by atoms with E-state index in [0.29, 0.717) is 5.75 Å². The zero-order valence-electron chi connectivity index (χ0n) is 15.7. The molecule has 7 heteroatoms. The molecule has 0 atom stereocenters. The van der Waals surface area contributed by atoms with Crippen molar-refractivity contribution in [2.45, 2.75) is 26.7 Å². The summed E-state index contributed by atoms with van der Waals surface area (Å²) in [4.78, 5) is 12.0. The number of amides is 1. The Morgan fingerprint density at radius 3 is 2.56 bits per heavy atom. The van der Waals surface area contributed by atoms with Gasteiger partial charge in [0.15, 0.2) is 6.61 Å². The van der Waals surface area contributed by atoms with E-state index in [9.17, 15) is 4.79 Å². The second-order valence-corrected chi connectivity index (χ2v) is 7.98. The summed E-state index contributed by atoms with van der Waals surface area (Å²) < 4.78 is 12.7. The maximum absolute atomic E-state index is 12.0. The summed E-state index contributed by atoms with van der Waals surface area (Å²) in [6, 6.07) is 9.48. The van der Waals surface area contributed by atoms with E-state index in [1.807, 2.05) is 37.3 Å². The number of carbonyl (C=O) groups excluding carboxylic acids is 1. The molecule has 0 aliphatic carbocycles. The number of aryl methyl sites for hydroxylation is 1. The minimum Gasteiger partial charge on any atom is -0.496 e. The minimum absolute atomic E-state index is 0.107. The summed E-state index contributed by atoms with van der Waals surface area (Å²) in [5.74, 6) is 1.40. The van der Waals surface area contributed by atoms with Crippen molar-refractivity contribution >= 4 is 44.0 Å². The van der Waals surface area contributed by atoms with Crippen LogP contribution in [0.2, 0.25) is 0 Å². The lowest BCUT2D eigenvalue weighted by molar-refractivity contribution is -0.123. The van der Waals surface area contributed by atoms with Gasteiger partial charge in [0.2, 0.25) is 0 Å². The highest BCUT2D eigenvalue weighted by Gasteiger charge is 2.12. The van der Waals surface area contributed by atoms with Crippen LogP contribution in [-0.4, -0.2) is 25.8 Å². The molecule has 1 N–H and O–H groups in total. The summed E-state index contributed by atoms with van der Waals surface area (Å²) >= 11 is 6.94. The van der Waals surface area contributed by atoms with Crippen LogP contribution in [0.1, 0.15) is 36.5 Å². The van der Waals surface area contributed by atoms with E-state index >= 15 is 0 Å². The number of nitrogens with zero attached hydrogens (tertiary/aromatic N) is 1. The van der Waals surface area contributed by atoms with Crippen LogP contribution in [-0.2, 0) is 4.79 Å². The smallest absolute Gasteiger partial charge is 0.277 e. The van der Waals surface area contributed by atoms with E-state index in [1.54, 1.807) is 13.3 Å². The minimum atomic E-state index is -0.325. The van der Waals surface area contributed by atoms with Crippen molar-refractivity contribution in [2.75, 3.05) is 13.7 Å². The zero-order valence-corrected chi connectivity index (χ0v) is 18.8. The van der Waals surface area contributed by atoms with Crippen molar-refractivity contribution in [1.29, 1.82) is 0 Å². The third kappa shape index (κ3) is 6.07. The summed E-state index contributed by atoms with van der Waals surface area (Å²) in [7, 11) is 1.60. The van der Waals surface area contributed by atoms with Gasteiger partial charge in [0, 0.05) is 4.47 Å². The number of halogens is 2. The topological polar surface area (TPSA) is 59.9 Å².